The summed E-state index contributed by atoms with van der Waals surface area (Å²) in [5, 5.41) is 7.43. The molecule has 2 aliphatic rings. The molecule has 122 valence electrons. The number of nitrogens with one attached hydrogen (secondary N) is 3. The van der Waals surface area contributed by atoms with E-state index in [1.54, 1.807) is 0 Å². The Bertz CT molecular complexity index is 719. The number of carbonyl (C=O) groups excluding carboxylic acids is 1. The van der Waals surface area contributed by atoms with Crippen molar-refractivity contribution in [1.29, 1.82) is 0 Å². The van der Waals surface area contributed by atoms with Crippen molar-refractivity contribution in [2.45, 2.75) is 13.3 Å². The van der Waals surface area contributed by atoms with Crippen LogP contribution >= 0.6 is 0 Å². The number of carbonyl (C=O) groups is 1. The third kappa shape index (κ3) is 3.09. The number of pyridine rings is 1. The van der Waals surface area contributed by atoms with Gasteiger partial charge < -0.3 is 20.5 Å². The zero-order valence-corrected chi connectivity index (χ0v) is 13.4. The summed E-state index contributed by atoms with van der Waals surface area (Å²) in [5.41, 5.74) is 2.00. The van der Waals surface area contributed by atoms with Crippen molar-refractivity contribution in [2.75, 3.05) is 38.0 Å². The molecule has 6 nitrogen and oxygen atoms in total. The molecule has 1 amide bonds. The zero-order valence-electron chi connectivity index (χ0n) is 13.4. The normalized spacial score (nSPS) is 24.7. The number of rotatable bonds is 4. The molecule has 1 aliphatic heterocycles. The van der Waals surface area contributed by atoms with Gasteiger partial charge in [0, 0.05) is 50.2 Å². The molecule has 0 radical (unpaired) electrons. The highest BCUT2D eigenvalue weighted by Gasteiger charge is 2.43. The predicted octanol–water partition coefficient (Wildman–Crippen LogP) is 1.35. The fraction of sp³-hybridized carbons (Fsp3) is 0.529. The van der Waals surface area contributed by atoms with E-state index < -0.39 is 0 Å². The number of aromatic amines is 1. The molecule has 1 aliphatic carbocycles. The van der Waals surface area contributed by atoms with Gasteiger partial charge in [-0.25, -0.2) is 4.98 Å². The second kappa shape index (κ2) is 5.94. The fourth-order valence-corrected chi connectivity index (χ4v) is 3.43. The SMILES string of the molecule is Cc1c[nH]c2nc(NC(=O)C3CC3CN3CCNCC3)ccc12. The van der Waals surface area contributed by atoms with Gasteiger partial charge in [-0.1, -0.05) is 0 Å². The van der Waals surface area contributed by atoms with E-state index in [-0.39, 0.29) is 11.8 Å². The van der Waals surface area contributed by atoms with Crippen LogP contribution in [0, 0.1) is 18.8 Å². The fourth-order valence-electron chi connectivity index (χ4n) is 3.43. The van der Waals surface area contributed by atoms with E-state index >= 15 is 0 Å². The number of amides is 1. The number of anilines is 1. The Kier molecular flexibility index (Phi) is 3.79. The van der Waals surface area contributed by atoms with Crippen LogP contribution in [0.4, 0.5) is 5.82 Å². The van der Waals surface area contributed by atoms with Crippen molar-refractivity contribution in [3.05, 3.63) is 23.9 Å². The maximum Gasteiger partial charge on any atom is 0.228 e. The summed E-state index contributed by atoms with van der Waals surface area (Å²) >= 11 is 0. The minimum Gasteiger partial charge on any atom is -0.346 e. The summed E-state index contributed by atoms with van der Waals surface area (Å²) in [5.74, 6) is 1.40. The number of nitrogens with zero attached hydrogens (tertiary/aromatic N) is 2. The van der Waals surface area contributed by atoms with Crippen LogP contribution in [0.3, 0.4) is 0 Å². The first kappa shape index (κ1) is 14.7. The van der Waals surface area contributed by atoms with Gasteiger partial charge in [0.1, 0.15) is 11.5 Å². The van der Waals surface area contributed by atoms with Gasteiger partial charge in [-0.2, -0.15) is 0 Å². The quantitative estimate of drug-likeness (QED) is 0.797. The number of hydrogen-bond acceptors (Lipinski definition) is 4. The maximum absolute atomic E-state index is 12.4. The summed E-state index contributed by atoms with van der Waals surface area (Å²) in [4.78, 5) is 22.4. The van der Waals surface area contributed by atoms with Crippen LogP contribution in [0.15, 0.2) is 18.3 Å². The number of aryl methyl sites for hydroxylation is 1. The average Bonchev–Trinajstić information content (AvgIpc) is 3.24. The Balaban J connectivity index is 1.34. The molecule has 2 atom stereocenters. The Labute approximate surface area is 135 Å². The highest BCUT2D eigenvalue weighted by atomic mass is 16.2. The molecule has 4 rings (SSSR count). The van der Waals surface area contributed by atoms with Gasteiger partial charge in [-0.3, -0.25) is 4.79 Å². The van der Waals surface area contributed by atoms with Gasteiger partial charge >= 0.3 is 0 Å². The van der Waals surface area contributed by atoms with E-state index in [9.17, 15) is 4.79 Å². The van der Waals surface area contributed by atoms with Crippen LogP contribution in [0.25, 0.3) is 11.0 Å². The number of hydrogen-bond donors (Lipinski definition) is 3. The second-order valence-electron chi connectivity index (χ2n) is 6.71. The molecular formula is C17H23N5O. The summed E-state index contributed by atoms with van der Waals surface area (Å²) in [7, 11) is 0. The first-order valence-corrected chi connectivity index (χ1v) is 8.39. The maximum atomic E-state index is 12.4. The minimum absolute atomic E-state index is 0.111. The van der Waals surface area contributed by atoms with Crippen molar-refractivity contribution in [3.63, 3.8) is 0 Å². The lowest BCUT2D eigenvalue weighted by atomic mass is 10.2. The molecule has 6 heteroatoms. The molecule has 2 aromatic rings. The molecule has 2 fully saturated rings. The lowest BCUT2D eigenvalue weighted by Gasteiger charge is -2.27. The molecule has 3 N–H and O–H groups in total. The Morgan fingerprint density at radius 1 is 1.39 bits per heavy atom. The minimum atomic E-state index is 0.111. The largest absolute Gasteiger partial charge is 0.346 e. The van der Waals surface area contributed by atoms with E-state index in [0.29, 0.717) is 11.7 Å². The van der Waals surface area contributed by atoms with Crippen LogP contribution in [0.1, 0.15) is 12.0 Å². The van der Waals surface area contributed by atoms with E-state index in [2.05, 4.69) is 25.5 Å². The Hall–Kier alpha value is -1.92. The van der Waals surface area contributed by atoms with E-state index in [1.165, 1.54) is 5.56 Å². The van der Waals surface area contributed by atoms with Gasteiger partial charge in [0.2, 0.25) is 5.91 Å². The molecule has 0 bridgehead atoms. The van der Waals surface area contributed by atoms with E-state index in [0.717, 1.165) is 50.2 Å². The van der Waals surface area contributed by atoms with E-state index in [4.69, 9.17) is 0 Å². The standard InChI is InChI=1S/C17H23N5O/c1-11-9-19-16-13(11)2-3-15(20-16)21-17(23)14-8-12(14)10-22-6-4-18-5-7-22/h2-3,9,12,14,18H,4-8,10H2,1H3,(H2,19,20,21,23). The smallest absolute Gasteiger partial charge is 0.228 e. The third-order valence-corrected chi connectivity index (χ3v) is 4.96. The summed E-state index contributed by atoms with van der Waals surface area (Å²) in [6, 6.07) is 3.89. The van der Waals surface area contributed by atoms with Crippen LogP contribution in [-0.4, -0.2) is 53.5 Å². The highest BCUT2D eigenvalue weighted by Crippen LogP contribution is 2.40. The summed E-state index contributed by atoms with van der Waals surface area (Å²) in [6.07, 6.45) is 2.94. The van der Waals surface area contributed by atoms with Crippen LogP contribution in [0.5, 0.6) is 0 Å². The van der Waals surface area contributed by atoms with Crippen molar-refractivity contribution in [3.8, 4) is 0 Å². The predicted molar refractivity (Wildman–Crippen MR) is 90.4 cm³/mol. The van der Waals surface area contributed by atoms with Gasteiger partial charge in [-0.05, 0) is 37.0 Å². The molecule has 2 aromatic heterocycles. The molecule has 23 heavy (non-hydrogen) atoms. The molecule has 1 saturated heterocycles. The topological polar surface area (TPSA) is 73.0 Å². The number of fused-ring (bicyclic) bond motifs is 1. The van der Waals surface area contributed by atoms with Crippen molar-refractivity contribution < 1.29 is 4.79 Å². The van der Waals surface area contributed by atoms with E-state index in [1.807, 2.05) is 25.3 Å². The Morgan fingerprint density at radius 3 is 3.04 bits per heavy atom. The average molecular weight is 313 g/mol. The van der Waals surface area contributed by atoms with Gasteiger partial charge in [0.05, 0.1) is 0 Å². The van der Waals surface area contributed by atoms with Gasteiger partial charge in [-0.15, -0.1) is 0 Å². The molecule has 1 saturated carbocycles. The summed E-state index contributed by atoms with van der Waals surface area (Å²) in [6.45, 7) is 7.39. The highest BCUT2D eigenvalue weighted by molar-refractivity contribution is 5.94. The monoisotopic (exact) mass is 313 g/mol. The number of H-pyrrole nitrogens is 1. The Morgan fingerprint density at radius 2 is 2.22 bits per heavy atom. The first-order valence-electron chi connectivity index (χ1n) is 8.39. The van der Waals surface area contributed by atoms with Crippen LogP contribution in [0.2, 0.25) is 0 Å². The van der Waals surface area contributed by atoms with Crippen LogP contribution < -0.4 is 10.6 Å². The zero-order chi connectivity index (χ0) is 15.8. The third-order valence-electron chi connectivity index (χ3n) is 4.96. The molecular weight excluding hydrogens is 290 g/mol. The molecule has 0 spiro atoms. The second-order valence-corrected chi connectivity index (χ2v) is 6.71. The molecule has 2 unspecified atom stereocenters. The van der Waals surface area contributed by atoms with Crippen molar-refractivity contribution >= 4 is 22.8 Å². The van der Waals surface area contributed by atoms with Gasteiger partial charge in [0.15, 0.2) is 0 Å². The van der Waals surface area contributed by atoms with Crippen molar-refractivity contribution in [2.24, 2.45) is 11.8 Å². The van der Waals surface area contributed by atoms with Crippen LogP contribution in [-0.2, 0) is 4.79 Å². The van der Waals surface area contributed by atoms with Crippen molar-refractivity contribution in [1.82, 2.24) is 20.2 Å². The number of aromatic nitrogens is 2. The van der Waals surface area contributed by atoms with Gasteiger partial charge in [0.25, 0.3) is 0 Å². The summed E-state index contributed by atoms with van der Waals surface area (Å²) < 4.78 is 0. The number of piperazine rings is 1. The lowest BCUT2D eigenvalue weighted by molar-refractivity contribution is -0.117. The molecule has 3 heterocycles. The molecule has 0 aromatic carbocycles. The first-order chi connectivity index (χ1) is 11.2. The lowest BCUT2D eigenvalue weighted by Crippen LogP contribution is -2.44.